The van der Waals surface area contributed by atoms with Crippen LogP contribution in [0.25, 0.3) is 10.8 Å². The zero-order chi connectivity index (χ0) is 36.5. The highest BCUT2D eigenvalue weighted by Gasteiger charge is 2.45. The van der Waals surface area contributed by atoms with Crippen molar-refractivity contribution in [1.29, 1.82) is 5.26 Å². The van der Waals surface area contributed by atoms with Crippen LogP contribution in [0.15, 0.2) is 48.6 Å². The molecular formula is C41H51ClN8O3. The van der Waals surface area contributed by atoms with Crippen LogP contribution < -0.4 is 14.5 Å². The first-order valence-corrected chi connectivity index (χ1v) is 19.8. The molecule has 0 unspecified atom stereocenters. The molecule has 8 rings (SSSR count). The molecule has 0 radical (unpaired) electrons. The number of anilines is 2. The Labute approximate surface area is 318 Å². The number of piperazine rings is 1. The SMILES string of the molecule is C[C@@H]1CN(C/C=C/C(=O)N2CCN(c3nc(OCC45CCCN4CCC5)nc4c3CCN(c3cccc5cccc(Cl)c35)C4)C[C@@H]2CC#N)C[C@@H](C)O1. The summed E-state index contributed by atoms with van der Waals surface area (Å²) in [5.41, 5.74) is 3.24. The molecule has 0 saturated carbocycles. The Balaban J connectivity index is 1.05. The summed E-state index contributed by atoms with van der Waals surface area (Å²) < 4.78 is 12.5. The van der Waals surface area contributed by atoms with Gasteiger partial charge in [0.2, 0.25) is 5.91 Å². The van der Waals surface area contributed by atoms with Crippen LogP contribution in [0.3, 0.4) is 0 Å². The second-order valence-corrected chi connectivity index (χ2v) is 16.0. The van der Waals surface area contributed by atoms with E-state index in [2.05, 4.69) is 63.8 Å². The number of ether oxygens (including phenoxy) is 2. The molecule has 5 aliphatic heterocycles. The minimum Gasteiger partial charge on any atom is -0.461 e. The largest absolute Gasteiger partial charge is 0.461 e. The fraction of sp³-hybridized carbons (Fsp3) is 0.561. The summed E-state index contributed by atoms with van der Waals surface area (Å²) in [5, 5.41) is 12.8. The lowest BCUT2D eigenvalue weighted by Crippen LogP contribution is -2.55. The molecule has 0 bridgehead atoms. The van der Waals surface area contributed by atoms with Crippen molar-refractivity contribution in [3.63, 3.8) is 0 Å². The molecule has 280 valence electrons. The number of fused-ring (bicyclic) bond motifs is 3. The molecule has 2 aromatic carbocycles. The molecule has 11 nitrogen and oxygen atoms in total. The van der Waals surface area contributed by atoms with Gasteiger partial charge in [-0.3, -0.25) is 14.6 Å². The van der Waals surface area contributed by atoms with E-state index in [1.807, 2.05) is 23.1 Å². The Morgan fingerprint density at radius 1 is 1.02 bits per heavy atom. The van der Waals surface area contributed by atoms with E-state index in [1.165, 1.54) is 12.8 Å². The van der Waals surface area contributed by atoms with Crippen LogP contribution in [0, 0.1) is 11.3 Å². The first kappa shape index (κ1) is 36.0. The molecule has 4 saturated heterocycles. The highest BCUT2D eigenvalue weighted by molar-refractivity contribution is 6.36. The van der Waals surface area contributed by atoms with Crippen LogP contribution in [0.1, 0.15) is 57.2 Å². The first-order chi connectivity index (χ1) is 25.8. The standard InChI is InChI=1S/C41H51ClN8O3/c1-29-24-46(25-30(2)53-29)18-5-12-37(51)50-23-22-48(26-32(50)13-17-43)39-33-14-21-47(36-11-4-9-31-8-3-10-34(42)38(31)36)27-35(33)44-40(45-39)52-28-41-15-6-19-49(41)20-7-16-41/h3-5,8-12,29-30,32H,6-7,13-16,18-28H2,1-2H3/b12-5+/t29-,30-,32+/m1/s1. The highest BCUT2D eigenvalue weighted by Crippen LogP contribution is 2.40. The molecule has 53 heavy (non-hydrogen) atoms. The Hall–Kier alpha value is -3.95. The van der Waals surface area contributed by atoms with Crippen molar-refractivity contribution >= 4 is 39.8 Å². The van der Waals surface area contributed by atoms with Gasteiger partial charge in [-0.15, -0.1) is 0 Å². The fourth-order valence-corrected chi connectivity index (χ4v) is 9.85. The van der Waals surface area contributed by atoms with Gasteiger partial charge >= 0.3 is 6.01 Å². The maximum atomic E-state index is 13.6. The number of hydrogen-bond acceptors (Lipinski definition) is 10. The molecular weight excluding hydrogens is 688 g/mol. The molecule has 1 amide bonds. The van der Waals surface area contributed by atoms with Crippen LogP contribution in [-0.4, -0.2) is 120 Å². The number of nitrogens with zero attached hydrogens (tertiary/aromatic N) is 8. The molecule has 0 N–H and O–H groups in total. The average Bonchev–Trinajstić information content (AvgIpc) is 3.74. The quantitative estimate of drug-likeness (QED) is 0.264. The summed E-state index contributed by atoms with van der Waals surface area (Å²) >= 11 is 6.78. The van der Waals surface area contributed by atoms with Crippen LogP contribution in [-0.2, 0) is 22.5 Å². The topological polar surface area (TPSA) is 101 Å². The van der Waals surface area contributed by atoms with E-state index in [0.717, 1.165) is 90.5 Å². The van der Waals surface area contributed by atoms with Crippen molar-refractivity contribution in [3.05, 3.63) is 64.8 Å². The van der Waals surface area contributed by atoms with Gasteiger partial charge in [0.25, 0.3) is 0 Å². The third-order valence-electron chi connectivity index (χ3n) is 12.0. The minimum atomic E-state index is -0.258. The molecule has 3 atom stereocenters. The number of hydrogen-bond donors (Lipinski definition) is 0. The predicted molar refractivity (Wildman–Crippen MR) is 208 cm³/mol. The number of morpholine rings is 1. The Bertz CT molecular complexity index is 1870. The smallest absolute Gasteiger partial charge is 0.318 e. The summed E-state index contributed by atoms with van der Waals surface area (Å²) in [4.78, 5) is 35.2. The van der Waals surface area contributed by atoms with Crippen LogP contribution in [0.5, 0.6) is 6.01 Å². The fourth-order valence-electron chi connectivity index (χ4n) is 9.57. The second kappa shape index (κ2) is 15.4. The Kier molecular flexibility index (Phi) is 10.5. The van der Waals surface area contributed by atoms with E-state index < -0.39 is 0 Å². The van der Waals surface area contributed by atoms with Crippen LogP contribution >= 0.6 is 11.6 Å². The number of carbonyl (C=O) groups is 1. The Morgan fingerprint density at radius 2 is 1.79 bits per heavy atom. The normalized spacial score (nSPS) is 24.8. The number of benzene rings is 2. The van der Waals surface area contributed by atoms with Gasteiger partial charge in [0.15, 0.2) is 0 Å². The van der Waals surface area contributed by atoms with Crippen LogP contribution in [0.2, 0.25) is 5.02 Å². The molecule has 5 aliphatic rings. The molecule has 0 aliphatic carbocycles. The number of carbonyl (C=O) groups excluding carboxylic acids is 1. The summed E-state index contributed by atoms with van der Waals surface area (Å²) in [6, 6.07) is 14.9. The van der Waals surface area contributed by atoms with E-state index in [-0.39, 0.29) is 36.1 Å². The van der Waals surface area contributed by atoms with Crippen molar-refractivity contribution in [3.8, 4) is 12.1 Å². The average molecular weight is 739 g/mol. The van der Waals surface area contributed by atoms with E-state index in [9.17, 15) is 10.1 Å². The maximum absolute atomic E-state index is 13.6. The Morgan fingerprint density at radius 3 is 2.57 bits per heavy atom. The third-order valence-corrected chi connectivity index (χ3v) is 12.3. The zero-order valence-corrected chi connectivity index (χ0v) is 31.8. The summed E-state index contributed by atoms with van der Waals surface area (Å²) in [6.45, 7) is 12.5. The third kappa shape index (κ3) is 7.44. The van der Waals surface area contributed by atoms with Gasteiger partial charge in [0.1, 0.15) is 12.4 Å². The van der Waals surface area contributed by atoms with Gasteiger partial charge in [-0.2, -0.15) is 15.2 Å². The first-order valence-electron chi connectivity index (χ1n) is 19.5. The van der Waals surface area contributed by atoms with Gasteiger partial charge in [-0.1, -0.05) is 41.9 Å². The maximum Gasteiger partial charge on any atom is 0.318 e. The number of rotatable bonds is 9. The van der Waals surface area contributed by atoms with Crippen molar-refractivity contribution in [1.82, 2.24) is 24.7 Å². The lowest BCUT2D eigenvalue weighted by atomic mass is 9.95. The van der Waals surface area contributed by atoms with Crippen molar-refractivity contribution in [2.45, 2.75) is 82.7 Å². The highest BCUT2D eigenvalue weighted by atomic mass is 35.5. The predicted octanol–water partition coefficient (Wildman–Crippen LogP) is 5.45. The van der Waals surface area contributed by atoms with Crippen molar-refractivity contribution < 1.29 is 14.3 Å². The van der Waals surface area contributed by atoms with Crippen molar-refractivity contribution in [2.24, 2.45) is 0 Å². The number of halogens is 1. The van der Waals surface area contributed by atoms with Crippen molar-refractivity contribution in [2.75, 3.05) is 75.3 Å². The van der Waals surface area contributed by atoms with Gasteiger partial charge in [-0.05, 0) is 76.6 Å². The number of nitriles is 1. The van der Waals surface area contributed by atoms with Gasteiger partial charge in [0, 0.05) is 68.5 Å². The molecule has 1 aromatic heterocycles. The number of aromatic nitrogens is 2. The zero-order valence-electron chi connectivity index (χ0n) is 31.1. The lowest BCUT2D eigenvalue weighted by molar-refractivity contribution is -0.128. The second-order valence-electron chi connectivity index (χ2n) is 15.6. The molecule has 6 heterocycles. The van der Waals surface area contributed by atoms with Gasteiger partial charge < -0.3 is 24.2 Å². The summed E-state index contributed by atoms with van der Waals surface area (Å²) in [7, 11) is 0. The van der Waals surface area contributed by atoms with E-state index in [0.29, 0.717) is 45.3 Å². The summed E-state index contributed by atoms with van der Waals surface area (Å²) in [6.07, 6.45) is 9.69. The van der Waals surface area contributed by atoms with E-state index >= 15 is 0 Å². The molecule has 4 fully saturated rings. The summed E-state index contributed by atoms with van der Waals surface area (Å²) in [5.74, 6) is 0.822. The molecule has 3 aromatic rings. The minimum absolute atomic E-state index is 0.0469. The number of amides is 1. The van der Waals surface area contributed by atoms with Gasteiger partial charge in [-0.25, -0.2) is 0 Å². The van der Waals surface area contributed by atoms with Crippen LogP contribution in [0.4, 0.5) is 11.5 Å². The molecule has 0 spiro atoms. The lowest BCUT2D eigenvalue weighted by Gasteiger charge is -2.42. The van der Waals surface area contributed by atoms with E-state index in [4.69, 9.17) is 31.0 Å². The van der Waals surface area contributed by atoms with Gasteiger partial charge in [0.05, 0.1) is 53.5 Å². The van der Waals surface area contributed by atoms with E-state index in [1.54, 1.807) is 6.08 Å². The monoisotopic (exact) mass is 738 g/mol. The molecule has 12 heteroatoms.